The molecule has 34 heavy (non-hydrogen) atoms. The van der Waals surface area contributed by atoms with E-state index in [9.17, 15) is 4.79 Å². The molecule has 3 N–H and O–H groups in total. The highest BCUT2D eigenvalue weighted by atomic mass is 16.5. The number of aromatic amines is 1. The quantitative estimate of drug-likeness (QED) is 0.472. The first-order chi connectivity index (χ1) is 16.6. The lowest BCUT2D eigenvalue weighted by molar-refractivity contribution is 0.0729. The van der Waals surface area contributed by atoms with Gasteiger partial charge >= 0.3 is 0 Å². The van der Waals surface area contributed by atoms with Crippen molar-refractivity contribution in [3.05, 3.63) is 77.7 Å². The van der Waals surface area contributed by atoms with Gasteiger partial charge in [-0.3, -0.25) is 4.79 Å². The smallest absolute Gasteiger partial charge is 0.270 e. The average Bonchev–Trinajstić information content (AvgIpc) is 3.38. The van der Waals surface area contributed by atoms with Gasteiger partial charge in [0.25, 0.3) is 5.91 Å². The second-order valence-electron chi connectivity index (χ2n) is 8.11. The maximum absolute atomic E-state index is 13.2. The number of fused-ring (bicyclic) bond motifs is 1. The fraction of sp³-hybridized carbons (Fsp3) is 0.192. The minimum absolute atomic E-state index is 0.0459. The predicted molar refractivity (Wildman–Crippen MR) is 130 cm³/mol. The Bertz CT molecular complexity index is 1360. The van der Waals surface area contributed by atoms with Gasteiger partial charge in [0.2, 0.25) is 5.95 Å². The number of aromatic nitrogens is 3. The maximum Gasteiger partial charge on any atom is 0.270 e. The molecule has 0 unspecified atom stereocenters. The Labute approximate surface area is 197 Å². The second-order valence-corrected chi connectivity index (χ2v) is 8.11. The lowest BCUT2D eigenvalue weighted by Gasteiger charge is -2.28. The van der Waals surface area contributed by atoms with Crippen LogP contribution < -0.4 is 15.2 Å². The zero-order valence-corrected chi connectivity index (χ0v) is 19.0. The molecular weight excluding hydrogens is 430 g/mol. The number of anilines is 1. The van der Waals surface area contributed by atoms with E-state index in [4.69, 9.17) is 15.2 Å². The number of carbonyl (C=O) groups is 1. The molecule has 0 saturated carbocycles. The van der Waals surface area contributed by atoms with Crippen molar-refractivity contribution in [3.63, 3.8) is 0 Å². The molecule has 5 rings (SSSR count). The molecular formula is C26H25N5O3. The van der Waals surface area contributed by atoms with Crippen molar-refractivity contribution in [2.24, 2.45) is 0 Å². The van der Waals surface area contributed by atoms with Crippen LogP contribution in [0.1, 0.15) is 21.6 Å². The molecule has 172 valence electrons. The molecule has 0 saturated heterocycles. The number of nitrogen functional groups attached to an aromatic ring is 1. The van der Waals surface area contributed by atoms with Crippen molar-refractivity contribution >= 4 is 11.9 Å². The molecule has 0 atom stereocenters. The maximum atomic E-state index is 13.2. The molecule has 8 nitrogen and oxygen atoms in total. The molecule has 0 radical (unpaired) electrons. The highest BCUT2D eigenvalue weighted by Crippen LogP contribution is 2.36. The van der Waals surface area contributed by atoms with E-state index in [1.807, 2.05) is 41.3 Å². The van der Waals surface area contributed by atoms with Crippen molar-refractivity contribution in [3.8, 4) is 33.9 Å². The van der Waals surface area contributed by atoms with E-state index in [0.717, 1.165) is 23.1 Å². The van der Waals surface area contributed by atoms with Gasteiger partial charge in [0, 0.05) is 36.6 Å². The van der Waals surface area contributed by atoms with Crippen molar-refractivity contribution in [1.82, 2.24) is 19.9 Å². The summed E-state index contributed by atoms with van der Waals surface area (Å²) in [6.45, 7) is 1.28. The van der Waals surface area contributed by atoms with E-state index < -0.39 is 0 Å². The zero-order valence-electron chi connectivity index (χ0n) is 19.0. The van der Waals surface area contributed by atoms with E-state index >= 15 is 0 Å². The number of hydrogen-bond acceptors (Lipinski definition) is 6. The number of methoxy groups -OCH3 is 2. The molecule has 3 heterocycles. The Morgan fingerprint density at radius 2 is 1.82 bits per heavy atom. The number of rotatable bonds is 5. The highest BCUT2D eigenvalue weighted by Gasteiger charge is 2.23. The van der Waals surface area contributed by atoms with Crippen LogP contribution in [0.25, 0.3) is 22.4 Å². The molecule has 1 aliphatic rings. The lowest BCUT2D eigenvalue weighted by atomic mass is 9.99. The third kappa shape index (κ3) is 3.94. The summed E-state index contributed by atoms with van der Waals surface area (Å²) >= 11 is 0. The normalized spacial score (nSPS) is 12.8. The first kappa shape index (κ1) is 21.5. The van der Waals surface area contributed by atoms with Gasteiger partial charge in [0.15, 0.2) is 11.5 Å². The minimum atomic E-state index is -0.0459. The Morgan fingerprint density at radius 3 is 2.62 bits per heavy atom. The number of nitrogens with zero attached hydrogens (tertiary/aromatic N) is 3. The molecule has 0 aliphatic carbocycles. The SMILES string of the molecule is COc1ccc(-c2cnc(N)nc2-c2c[nH]c(C(=O)N3CCc4ccccc4C3)c2)cc1OC. The number of hydrogen-bond donors (Lipinski definition) is 2. The molecule has 8 heteroatoms. The van der Waals surface area contributed by atoms with Gasteiger partial charge in [-0.2, -0.15) is 0 Å². The third-order valence-electron chi connectivity index (χ3n) is 6.11. The Hall–Kier alpha value is -4.33. The van der Waals surface area contributed by atoms with Crippen molar-refractivity contribution in [2.75, 3.05) is 26.5 Å². The Morgan fingerprint density at radius 1 is 1.03 bits per heavy atom. The van der Waals surface area contributed by atoms with Crippen LogP contribution in [0.5, 0.6) is 11.5 Å². The summed E-state index contributed by atoms with van der Waals surface area (Å²) in [6, 6.07) is 15.7. The van der Waals surface area contributed by atoms with Gasteiger partial charge in [-0.05, 0) is 41.3 Å². The molecule has 0 bridgehead atoms. The molecule has 0 fully saturated rings. The van der Waals surface area contributed by atoms with Crippen LogP contribution in [0.3, 0.4) is 0 Å². The molecule has 2 aromatic heterocycles. The average molecular weight is 456 g/mol. The summed E-state index contributed by atoms with van der Waals surface area (Å²) in [5.41, 5.74) is 11.9. The standard InChI is InChI=1S/C26H25N5O3/c1-33-22-8-7-17(12-23(22)34-2)20-14-29-26(27)30-24(20)19-11-21(28-13-19)25(32)31-10-9-16-5-3-4-6-18(16)15-31/h3-8,11-14,28H,9-10,15H2,1-2H3,(H2,27,29,30). The van der Waals surface area contributed by atoms with E-state index in [0.29, 0.717) is 36.0 Å². The predicted octanol–water partition coefficient (Wildman–Crippen LogP) is 3.94. The molecule has 1 amide bonds. The van der Waals surface area contributed by atoms with Gasteiger partial charge in [-0.15, -0.1) is 0 Å². The van der Waals surface area contributed by atoms with Gasteiger partial charge < -0.3 is 25.1 Å². The molecule has 1 aliphatic heterocycles. The van der Waals surface area contributed by atoms with Crippen molar-refractivity contribution in [1.29, 1.82) is 0 Å². The largest absolute Gasteiger partial charge is 0.493 e. The fourth-order valence-corrected chi connectivity index (χ4v) is 4.32. The van der Waals surface area contributed by atoms with Crippen LogP contribution in [0.2, 0.25) is 0 Å². The summed E-state index contributed by atoms with van der Waals surface area (Å²) in [4.78, 5) is 26.9. The molecule has 2 aromatic carbocycles. The van der Waals surface area contributed by atoms with Crippen molar-refractivity contribution in [2.45, 2.75) is 13.0 Å². The zero-order chi connectivity index (χ0) is 23.7. The Balaban J connectivity index is 1.47. The summed E-state index contributed by atoms with van der Waals surface area (Å²) in [7, 11) is 3.18. The van der Waals surface area contributed by atoms with E-state index in [1.54, 1.807) is 26.6 Å². The first-order valence-electron chi connectivity index (χ1n) is 11.0. The number of H-pyrrole nitrogens is 1. The van der Waals surface area contributed by atoms with Crippen LogP contribution in [-0.4, -0.2) is 46.5 Å². The van der Waals surface area contributed by atoms with Crippen molar-refractivity contribution < 1.29 is 14.3 Å². The van der Waals surface area contributed by atoms with Gasteiger partial charge in [0.05, 0.1) is 19.9 Å². The fourth-order valence-electron chi connectivity index (χ4n) is 4.32. The third-order valence-corrected chi connectivity index (χ3v) is 6.11. The van der Waals surface area contributed by atoms with E-state index in [-0.39, 0.29) is 11.9 Å². The monoisotopic (exact) mass is 455 g/mol. The summed E-state index contributed by atoms with van der Waals surface area (Å²) in [6.07, 6.45) is 4.30. The number of ether oxygens (including phenoxy) is 2. The minimum Gasteiger partial charge on any atom is -0.493 e. The summed E-state index contributed by atoms with van der Waals surface area (Å²) in [5, 5.41) is 0. The van der Waals surface area contributed by atoms with Gasteiger partial charge in [-0.1, -0.05) is 30.3 Å². The number of nitrogens with one attached hydrogen (secondary N) is 1. The number of nitrogens with two attached hydrogens (primary N) is 1. The van der Waals surface area contributed by atoms with E-state index in [2.05, 4.69) is 27.1 Å². The topological polar surface area (TPSA) is 106 Å². The molecule has 4 aromatic rings. The van der Waals surface area contributed by atoms with Crippen LogP contribution in [0.15, 0.2) is 60.9 Å². The number of benzene rings is 2. The number of amides is 1. The summed E-state index contributed by atoms with van der Waals surface area (Å²) < 4.78 is 10.8. The van der Waals surface area contributed by atoms with Crippen LogP contribution in [-0.2, 0) is 13.0 Å². The lowest BCUT2D eigenvalue weighted by Crippen LogP contribution is -2.36. The van der Waals surface area contributed by atoms with E-state index in [1.165, 1.54) is 11.1 Å². The number of carbonyl (C=O) groups excluding carboxylic acids is 1. The Kier molecular flexibility index (Phi) is 5.63. The second kappa shape index (κ2) is 8.90. The van der Waals surface area contributed by atoms with Gasteiger partial charge in [-0.25, -0.2) is 9.97 Å². The van der Waals surface area contributed by atoms with Crippen LogP contribution >= 0.6 is 0 Å². The van der Waals surface area contributed by atoms with Gasteiger partial charge in [0.1, 0.15) is 5.69 Å². The molecule has 0 spiro atoms. The summed E-state index contributed by atoms with van der Waals surface area (Å²) in [5.74, 6) is 1.33. The highest BCUT2D eigenvalue weighted by molar-refractivity contribution is 5.95. The first-order valence-corrected chi connectivity index (χ1v) is 11.0. The van der Waals surface area contributed by atoms with Crippen LogP contribution in [0, 0.1) is 0 Å². The van der Waals surface area contributed by atoms with Crippen LogP contribution in [0.4, 0.5) is 5.95 Å².